The normalized spacial score (nSPS) is 41.3. The Hall–Kier alpha value is -3.29. The van der Waals surface area contributed by atoms with Gasteiger partial charge in [-0.2, -0.15) is 0 Å². The molecule has 2 saturated heterocycles. The molecule has 2 bridgehead atoms. The molecule has 0 aromatic heterocycles. The van der Waals surface area contributed by atoms with Gasteiger partial charge in [0.15, 0.2) is 11.5 Å². The molecule has 5 rings (SSSR count). The summed E-state index contributed by atoms with van der Waals surface area (Å²) in [6.45, 7) is 9.25. The molecule has 1 spiro atoms. The second kappa shape index (κ2) is 10.4. The number of Topliss-reactive ketones (excluding diaryl/α,β-unsaturated/α-hetero) is 1. The maximum absolute atomic E-state index is 13.7. The van der Waals surface area contributed by atoms with Gasteiger partial charge in [0.1, 0.15) is 17.8 Å². The summed E-state index contributed by atoms with van der Waals surface area (Å²) in [5.74, 6) is -7.44. The summed E-state index contributed by atoms with van der Waals surface area (Å²) in [6, 6.07) is 0. The highest BCUT2D eigenvalue weighted by Crippen LogP contribution is 2.72. The smallest absolute Gasteiger partial charge is 0.348 e. The second-order valence-corrected chi connectivity index (χ2v) is 13.4. The Labute approximate surface area is 254 Å². The number of hydrogen-bond acceptors (Lipinski definition) is 13. The number of allylic oxidation sites excluding steroid dienone is 2. The molecule has 3 N–H and O–H groups in total. The quantitative estimate of drug-likeness (QED) is 0.218. The van der Waals surface area contributed by atoms with Crippen LogP contribution in [0.2, 0.25) is 0 Å². The van der Waals surface area contributed by atoms with E-state index in [0.717, 1.165) is 13.2 Å². The van der Waals surface area contributed by atoms with Gasteiger partial charge in [0.2, 0.25) is 11.7 Å². The average molecular weight is 621 g/mol. The molecule has 5 aliphatic rings. The third kappa shape index (κ3) is 4.11. The zero-order chi connectivity index (χ0) is 32.7. The number of ketones is 1. The van der Waals surface area contributed by atoms with Gasteiger partial charge in [-0.3, -0.25) is 9.59 Å². The maximum Gasteiger partial charge on any atom is 0.348 e. The molecule has 2 aliphatic heterocycles. The van der Waals surface area contributed by atoms with Gasteiger partial charge in [-0.05, 0) is 56.1 Å². The number of esters is 4. The van der Waals surface area contributed by atoms with E-state index in [1.807, 2.05) is 0 Å². The minimum atomic E-state index is -2.31. The first-order valence-corrected chi connectivity index (χ1v) is 14.8. The van der Waals surface area contributed by atoms with Crippen LogP contribution in [0.1, 0.15) is 60.8 Å². The van der Waals surface area contributed by atoms with E-state index in [1.165, 1.54) is 6.92 Å². The lowest BCUT2D eigenvalue weighted by Crippen LogP contribution is -2.79. The van der Waals surface area contributed by atoms with Crippen LogP contribution in [0, 0.1) is 28.6 Å². The van der Waals surface area contributed by atoms with Crippen molar-refractivity contribution in [2.75, 3.05) is 13.7 Å². The molecule has 10 atom stereocenters. The van der Waals surface area contributed by atoms with E-state index < -0.39 is 93.9 Å². The minimum absolute atomic E-state index is 0.124. The van der Waals surface area contributed by atoms with Crippen molar-refractivity contribution < 1.29 is 63.0 Å². The van der Waals surface area contributed by atoms with E-state index >= 15 is 0 Å². The molecule has 0 radical (unpaired) electrons. The molecule has 0 aromatic carbocycles. The van der Waals surface area contributed by atoms with E-state index in [-0.39, 0.29) is 31.6 Å². The van der Waals surface area contributed by atoms with Crippen LogP contribution in [0.4, 0.5) is 0 Å². The molecule has 2 heterocycles. The van der Waals surface area contributed by atoms with Crippen molar-refractivity contribution in [2.45, 2.75) is 96.4 Å². The van der Waals surface area contributed by atoms with Crippen LogP contribution in [-0.4, -0.2) is 94.3 Å². The lowest BCUT2D eigenvalue weighted by atomic mass is 9.38. The average Bonchev–Trinajstić information content (AvgIpc) is 3.24. The summed E-state index contributed by atoms with van der Waals surface area (Å²) >= 11 is 0. The summed E-state index contributed by atoms with van der Waals surface area (Å²) in [5, 5.41) is 34.0. The SMILES string of the molecule is CCC(=CC(=O)OC1C(=O)OC2CC3C(C)=C(O)C(=O)CC3(C)C3C(O)C(O)C4(C(=O)OC)OCC23C14)C(C)(C)OC(C)=O. The van der Waals surface area contributed by atoms with Gasteiger partial charge in [-0.25, -0.2) is 14.4 Å². The van der Waals surface area contributed by atoms with Crippen LogP contribution >= 0.6 is 0 Å². The van der Waals surface area contributed by atoms with Crippen molar-refractivity contribution in [1.82, 2.24) is 0 Å². The number of carbonyl (C=O) groups is 5. The Bertz CT molecular complexity index is 1380. The van der Waals surface area contributed by atoms with E-state index in [9.17, 15) is 39.3 Å². The summed E-state index contributed by atoms with van der Waals surface area (Å²) in [7, 11) is 1.07. The van der Waals surface area contributed by atoms with Crippen molar-refractivity contribution in [1.29, 1.82) is 0 Å². The van der Waals surface area contributed by atoms with Crippen LogP contribution in [0.5, 0.6) is 0 Å². The molecule has 0 amide bonds. The molecule has 13 heteroatoms. The third-order valence-corrected chi connectivity index (χ3v) is 10.9. The Morgan fingerprint density at radius 3 is 2.41 bits per heavy atom. The van der Waals surface area contributed by atoms with Crippen molar-refractivity contribution in [2.24, 2.45) is 28.6 Å². The standard InChI is InChI=1S/C31H40O13/c1-8-15(28(4,5)44-14(3)32)9-19(34)43-22-24-30-12-41-31(24,27(39)40-7)25(37)21(36)23(30)29(6)11-17(33)20(35)13(2)16(29)10-18(30)42-26(22)38/h9,16,18,21-25,35-37H,8,10-12H2,1-7H3. The first kappa shape index (κ1) is 32.1. The Morgan fingerprint density at radius 2 is 1.82 bits per heavy atom. The van der Waals surface area contributed by atoms with Crippen LogP contribution in [-0.2, 0) is 47.7 Å². The predicted octanol–water partition coefficient (Wildman–Crippen LogP) is 1.23. The molecule has 10 unspecified atom stereocenters. The van der Waals surface area contributed by atoms with Gasteiger partial charge in [0.25, 0.3) is 0 Å². The predicted molar refractivity (Wildman–Crippen MR) is 147 cm³/mol. The molecule has 4 fully saturated rings. The van der Waals surface area contributed by atoms with E-state index in [0.29, 0.717) is 11.1 Å². The Balaban J connectivity index is 1.65. The number of carbonyl (C=O) groups excluding carboxylic acids is 5. The highest BCUT2D eigenvalue weighted by Gasteiger charge is 2.85. The minimum Gasteiger partial charge on any atom is -0.504 e. The lowest BCUT2D eigenvalue weighted by Gasteiger charge is -2.67. The van der Waals surface area contributed by atoms with Gasteiger partial charge in [-0.1, -0.05) is 13.8 Å². The van der Waals surface area contributed by atoms with E-state index in [2.05, 4.69) is 0 Å². The zero-order valence-electron chi connectivity index (χ0n) is 25.9. The van der Waals surface area contributed by atoms with Crippen molar-refractivity contribution in [3.8, 4) is 0 Å². The summed E-state index contributed by atoms with van der Waals surface area (Å²) in [5.41, 5.74) is -5.19. The number of aliphatic hydroxyl groups is 3. The topological polar surface area (TPSA) is 192 Å². The maximum atomic E-state index is 13.7. The fourth-order valence-electron chi connectivity index (χ4n) is 9.28. The van der Waals surface area contributed by atoms with Crippen LogP contribution in [0.25, 0.3) is 0 Å². The molecular formula is C31H40O13. The number of ether oxygens (including phenoxy) is 5. The summed E-state index contributed by atoms with van der Waals surface area (Å²) < 4.78 is 28.2. The molecule has 242 valence electrons. The molecular weight excluding hydrogens is 580 g/mol. The third-order valence-electron chi connectivity index (χ3n) is 10.9. The van der Waals surface area contributed by atoms with E-state index in [4.69, 9.17) is 23.7 Å². The number of aliphatic hydroxyl groups excluding tert-OH is 3. The summed E-state index contributed by atoms with van der Waals surface area (Å²) in [6.07, 6.45) is -5.03. The van der Waals surface area contributed by atoms with Gasteiger partial charge in [-0.15, -0.1) is 0 Å². The zero-order valence-corrected chi connectivity index (χ0v) is 25.9. The number of hydrogen-bond donors (Lipinski definition) is 3. The first-order chi connectivity index (χ1) is 20.4. The molecule has 0 aromatic rings. The Morgan fingerprint density at radius 1 is 1.16 bits per heavy atom. The molecule has 2 saturated carbocycles. The molecule has 13 nitrogen and oxygen atoms in total. The second-order valence-electron chi connectivity index (χ2n) is 13.4. The van der Waals surface area contributed by atoms with Crippen molar-refractivity contribution in [3.05, 3.63) is 23.0 Å². The molecule has 3 aliphatic carbocycles. The lowest BCUT2D eigenvalue weighted by molar-refractivity contribution is -0.290. The fraction of sp³-hybridized carbons (Fsp3) is 0.710. The van der Waals surface area contributed by atoms with Gasteiger partial charge in [0, 0.05) is 30.8 Å². The van der Waals surface area contributed by atoms with Gasteiger partial charge in [0.05, 0.1) is 25.7 Å². The number of methoxy groups -OCH3 is 1. The summed E-state index contributed by atoms with van der Waals surface area (Å²) in [4.78, 5) is 65.3. The van der Waals surface area contributed by atoms with Crippen LogP contribution in [0.15, 0.2) is 23.0 Å². The Kier molecular flexibility index (Phi) is 7.58. The largest absolute Gasteiger partial charge is 0.504 e. The highest BCUT2D eigenvalue weighted by atomic mass is 16.6. The van der Waals surface area contributed by atoms with Crippen LogP contribution in [0.3, 0.4) is 0 Å². The number of rotatable bonds is 6. The van der Waals surface area contributed by atoms with Crippen LogP contribution < -0.4 is 0 Å². The first-order valence-electron chi connectivity index (χ1n) is 14.8. The van der Waals surface area contributed by atoms with Crippen molar-refractivity contribution >= 4 is 29.7 Å². The van der Waals surface area contributed by atoms with Crippen molar-refractivity contribution in [3.63, 3.8) is 0 Å². The van der Waals surface area contributed by atoms with Gasteiger partial charge >= 0.3 is 23.9 Å². The fourth-order valence-corrected chi connectivity index (χ4v) is 9.28. The van der Waals surface area contributed by atoms with E-state index in [1.54, 1.807) is 34.6 Å². The monoisotopic (exact) mass is 620 g/mol. The number of fused-ring (bicyclic) bond motifs is 2. The molecule has 44 heavy (non-hydrogen) atoms. The highest BCUT2D eigenvalue weighted by molar-refractivity contribution is 5.95. The van der Waals surface area contributed by atoms with Gasteiger partial charge < -0.3 is 39.0 Å².